The number of hydrogen-bond donors (Lipinski definition) is 1. The van der Waals surface area contributed by atoms with Crippen LogP contribution >= 0.6 is 0 Å². The van der Waals surface area contributed by atoms with E-state index in [0.717, 1.165) is 16.3 Å². The molecule has 0 aliphatic carbocycles. The van der Waals surface area contributed by atoms with E-state index in [-0.39, 0.29) is 23.9 Å². The molecule has 2 atom stereocenters. The molecule has 0 spiro atoms. The summed E-state index contributed by atoms with van der Waals surface area (Å²) in [6, 6.07) is 6.10. The number of nitrogens with one attached hydrogen (secondary N) is 1. The molecule has 1 aromatic carbocycles. The van der Waals surface area contributed by atoms with Gasteiger partial charge in [-0.05, 0) is 24.1 Å². The van der Waals surface area contributed by atoms with Crippen molar-refractivity contribution >= 4 is 20.0 Å². The molecule has 0 saturated carbocycles. The van der Waals surface area contributed by atoms with Crippen LogP contribution in [0.25, 0.3) is 0 Å². The van der Waals surface area contributed by atoms with Gasteiger partial charge >= 0.3 is 0 Å². The molecule has 0 bridgehead atoms. The van der Waals surface area contributed by atoms with E-state index in [4.69, 9.17) is 4.74 Å². The minimum Gasteiger partial charge on any atom is -0.379 e. The lowest BCUT2D eigenvalue weighted by Gasteiger charge is -2.21. The van der Waals surface area contributed by atoms with Crippen LogP contribution < -0.4 is 4.72 Å². The number of hydrogen-bond acceptors (Lipinski definition) is 5. The van der Waals surface area contributed by atoms with Crippen molar-refractivity contribution in [2.75, 3.05) is 33.1 Å². The lowest BCUT2D eigenvalue weighted by Crippen LogP contribution is -2.43. The minimum atomic E-state index is -3.72. The van der Waals surface area contributed by atoms with Gasteiger partial charge in [0, 0.05) is 20.0 Å². The van der Waals surface area contributed by atoms with Crippen molar-refractivity contribution in [2.24, 2.45) is 5.92 Å². The maximum Gasteiger partial charge on any atom is 0.240 e. The van der Waals surface area contributed by atoms with Gasteiger partial charge in [-0.15, -0.1) is 0 Å². The molecule has 0 aromatic heterocycles. The lowest BCUT2D eigenvalue weighted by atomic mass is 10.1. The quantitative estimate of drug-likeness (QED) is 0.745. The molecule has 136 valence electrons. The molecule has 1 heterocycles. The van der Waals surface area contributed by atoms with Crippen LogP contribution in [0.2, 0.25) is 0 Å². The standard InChI is InChI=1S/C15H24N2O5S2/c1-4-12-5-7-14(8-6-12)24(20,21)16-15-10-22-9-13(15)11-23(18,19)17(2)3/h5-8,13,15-16H,4,9-11H2,1-3H3/t13-,15-/m0/s1. The molecule has 1 aromatic rings. The van der Waals surface area contributed by atoms with Crippen LogP contribution in [-0.4, -0.2) is 60.2 Å². The Morgan fingerprint density at radius 2 is 1.75 bits per heavy atom. The van der Waals surface area contributed by atoms with Crippen LogP contribution in [0.15, 0.2) is 29.2 Å². The van der Waals surface area contributed by atoms with Crippen LogP contribution in [0.3, 0.4) is 0 Å². The van der Waals surface area contributed by atoms with Crippen LogP contribution in [0.5, 0.6) is 0 Å². The monoisotopic (exact) mass is 376 g/mol. The van der Waals surface area contributed by atoms with Gasteiger partial charge in [0.1, 0.15) is 0 Å². The normalized spacial score (nSPS) is 22.2. The second-order valence-electron chi connectivity index (χ2n) is 6.08. The van der Waals surface area contributed by atoms with Crippen LogP contribution in [0, 0.1) is 5.92 Å². The maximum atomic E-state index is 12.5. The summed E-state index contributed by atoms with van der Waals surface area (Å²) in [6.45, 7) is 2.38. The van der Waals surface area contributed by atoms with Crippen molar-refractivity contribution in [3.63, 3.8) is 0 Å². The van der Waals surface area contributed by atoms with Crippen molar-refractivity contribution in [2.45, 2.75) is 24.3 Å². The Hall–Kier alpha value is -1.00. The SMILES string of the molecule is CCc1ccc(S(=O)(=O)N[C@H]2COC[C@H]2CS(=O)(=O)N(C)C)cc1. The number of ether oxygens (including phenoxy) is 1. The van der Waals surface area contributed by atoms with Gasteiger partial charge in [-0.1, -0.05) is 19.1 Å². The van der Waals surface area contributed by atoms with Crippen LogP contribution in [-0.2, 0) is 31.2 Å². The predicted octanol–water partition coefficient (Wildman–Crippen LogP) is 0.434. The van der Waals surface area contributed by atoms with Crippen molar-refractivity contribution in [1.82, 2.24) is 9.03 Å². The van der Waals surface area contributed by atoms with Gasteiger partial charge in [-0.3, -0.25) is 0 Å². The number of nitrogens with zero attached hydrogens (tertiary/aromatic N) is 1. The highest BCUT2D eigenvalue weighted by Gasteiger charge is 2.35. The topological polar surface area (TPSA) is 92.8 Å². The Morgan fingerprint density at radius 1 is 1.12 bits per heavy atom. The van der Waals surface area contributed by atoms with Gasteiger partial charge in [0.15, 0.2) is 0 Å². The summed E-state index contributed by atoms with van der Waals surface area (Å²) in [5.41, 5.74) is 1.05. The van der Waals surface area contributed by atoms with Crippen LogP contribution in [0.4, 0.5) is 0 Å². The highest BCUT2D eigenvalue weighted by Crippen LogP contribution is 2.20. The Morgan fingerprint density at radius 3 is 2.29 bits per heavy atom. The summed E-state index contributed by atoms with van der Waals surface area (Å²) >= 11 is 0. The summed E-state index contributed by atoms with van der Waals surface area (Å²) in [6.07, 6.45) is 0.828. The zero-order valence-corrected chi connectivity index (χ0v) is 15.7. The Balaban J connectivity index is 2.12. The summed E-state index contributed by atoms with van der Waals surface area (Å²) in [5.74, 6) is -0.566. The van der Waals surface area contributed by atoms with E-state index in [9.17, 15) is 16.8 Å². The Kier molecular flexibility index (Phi) is 6.03. The first-order valence-corrected chi connectivity index (χ1v) is 10.8. The van der Waals surface area contributed by atoms with Crippen molar-refractivity contribution in [1.29, 1.82) is 0 Å². The molecule has 2 rings (SSSR count). The van der Waals surface area contributed by atoms with Gasteiger partial charge in [-0.2, -0.15) is 0 Å². The molecule has 0 radical (unpaired) electrons. The number of aryl methyl sites for hydroxylation is 1. The molecule has 1 aliphatic rings. The lowest BCUT2D eigenvalue weighted by molar-refractivity contribution is 0.185. The fourth-order valence-corrected chi connectivity index (χ4v) is 4.94. The summed E-state index contributed by atoms with van der Waals surface area (Å²) in [4.78, 5) is 0.167. The first kappa shape index (κ1) is 19.3. The van der Waals surface area contributed by atoms with Gasteiger partial charge in [0.2, 0.25) is 20.0 Å². The van der Waals surface area contributed by atoms with Crippen LogP contribution in [0.1, 0.15) is 12.5 Å². The zero-order valence-electron chi connectivity index (χ0n) is 14.1. The molecule has 1 fully saturated rings. The molecule has 1 aliphatic heterocycles. The Labute approximate surface area is 144 Å². The van der Waals surface area contributed by atoms with Gasteiger partial charge in [0.25, 0.3) is 0 Å². The second kappa shape index (κ2) is 7.49. The average Bonchev–Trinajstić information content (AvgIpc) is 2.92. The number of rotatable bonds is 7. The van der Waals surface area contributed by atoms with E-state index in [1.807, 2.05) is 6.92 Å². The van der Waals surface area contributed by atoms with Gasteiger partial charge < -0.3 is 4.74 Å². The summed E-state index contributed by atoms with van der Waals surface area (Å²) < 4.78 is 58.1. The second-order valence-corrected chi connectivity index (χ2v) is 10.0. The highest BCUT2D eigenvalue weighted by molar-refractivity contribution is 7.89. The van der Waals surface area contributed by atoms with E-state index in [1.54, 1.807) is 24.3 Å². The van der Waals surface area contributed by atoms with E-state index in [2.05, 4.69) is 4.72 Å². The minimum absolute atomic E-state index is 0.151. The van der Waals surface area contributed by atoms with Crippen molar-refractivity contribution < 1.29 is 21.6 Å². The van der Waals surface area contributed by atoms with E-state index >= 15 is 0 Å². The van der Waals surface area contributed by atoms with E-state index in [1.165, 1.54) is 14.1 Å². The third-order valence-corrected chi connectivity index (χ3v) is 7.60. The third-order valence-electron chi connectivity index (χ3n) is 4.13. The molecule has 24 heavy (non-hydrogen) atoms. The Bertz CT molecular complexity index is 758. The molecule has 9 heteroatoms. The van der Waals surface area contributed by atoms with Gasteiger partial charge in [-0.25, -0.2) is 25.9 Å². The molecule has 1 saturated heterocycles. The zero-order chi connectivity index (χ0) is 18.0. The van der Waals surface area contributed by atoms with Gasteiger partial charge in [0.05, 0.1) is 29.9 Å². The average molecular weight is 377 g/mol. The van der Waals surface area contributed by atoms with Crippen molar-refractivity contribution in [3.8, 4) is 0 Å². The fraction of sp³-hybridized carbons (Fsp3) is 0.600. The molecule has 7 nitrogen and oxygen atoms in total. The largest absolute Gasteiger partial charge is 0.379 e. The molecular weight excluding hydrogens is 352 g/mol. The van der Waals surface area contributed by atoms with Crippen molar-refractivity contribution in [3.05, 3.63) is 29.8 Å². The molecule has 1 N–H and O–H groups in total. The smallest absolute Gasteiger partial charge is 0.240 e. The summed E-state index contributed by atoms with van der Waals surface area (Å²) in [7, 11) is -4.23. The molecule has 0 unspecified atom stereocenters. The molecule has 0 amide bonds. The van der Waals surface area contributed by atoms with E-state index < -0.39 is 32.0 Å². The number of sulfonamides is 2. The highest BCUT2D eigenvalue weighted by atomic mass is 32.2. The number of benzene rings is 1. The maximum absolute atomic E-state index is 12.5. The third kappa shape index (κ3) is 4.54. The first-order valence-electron chi connectivity index (χ1n) is 7.75. The molecular formula is C15H24N2O5S2. The predicted molar refractivity (Wildman–Crippen MR) is 91.7 cm³/mol. The first-order chi connectivity index (χ1) is 11.2. The summed E-state index contributed by atoms with van der Waals surface area (Å²) in [5, 5.41) is 0. The fourth-order valence-electron chi connectivity index (χ4n) is 2.48. The van der Waals surface area contributed by atoms with E-state index in [0.29, 0.717) is 0 Å².